The van der Waals surface area contributed by atoms with Gasteiger partial charge in [-0.3, -0.25) is 0 Å². The zero-order chi connectivity index (χ0) is 12.3. The van der Waals surface area contributed by atoms with E-state index in [4.69, 9.17) is 11.6 Å². The molecule has 0 radical (unpaired) electrons. The van der Waals surface area contributed by atoms with Crippen molar-refractivity contribution < 1.29 is 17.0 Å². The van der Waals surface area contributed by atoms with Crippen molar-refractivity contribution in [3.05, 3.63) is 32.2 Å². The van der Waals surface area contributed by atoms with Crippen LogP contribution in [-0.4, -0.2) is 10.9 Å². The van der Waals surface area contributed by atoms with Gasteiger partial charge in [-0.1, -0.05) is 11.3 Å². The molecule has 0 saturated carbocycles. The summed E-state index contributed by atoms with van der Waals surface area (Å²) in [5, 5.41) is 0. The van der Waals surface area contributed by atoms with Gasteiger partial charge in [0.05, 0.1) is 16.1 Å². The predicted octanol–water partition coefficient (Wildman–Crippen LogP) is 0.137. The largest absolute Gasteiger partial charge is 1.00 e. The lowest BCUT2D eigenvalue weighted by Gasteiger charge is -1.96. The third-order valence-corrected chi connectivity index (χ3v) is 5.23. The first-order chi connectivity index (χ1) is 8.22. The molecule has 0 saturated heterocycles. The van der Waals surface area contributed by atoms with E-state index in [-0.39, 0.29) is 12.4 Å². The number of thiazole rings is 2. The quantitative estimate of drug-likeness (QED) is 0.565. The zero-order valence-electron chi connectivity index (χ0n) is 10.4. The molecule has 0 unspecified atom stereocenters. The van der Waals surface area contributed by atoms with Crippen LogP contribution < -0.4 is 17.0 Å². The number of nitrogens with zero attached hydrogens (tertiary/aromatic N) is 2. The van der Waals surface area contributed by atoms with Gasteiger partial charge in [-0.2, -0.15) is 4.57 Å². The lowest BCUT2D eigenvalue weighted by molar-refractivity contribution is -0.697. The fourth-order valence-electron chi connectivity index (χ4n) is 1.79. The average Bonchev–Trinajstić information content (AvgIpc) is 2.86. The maximum atomic E-state index is 5.79. The summed E-state index contributed by atoms with van der Waals surface area (Å²) < 4.78 is 2.33. The summed E-state index contributed by atoms with van der Waals surface area (Å²) in [6.45, 7) is 5.29. The molecule has 2 rings (SSSR count). The van der Waals surface area contributed by atoms with Gasteiger partial charge in [0.15, 0.2) is 12.2 Å². The molecule has 2 heterocycles. The number of hydrogen-bond acceptors (Lipinski definition) is 3. The van der Waals surface area contributed by atoms with Crippen LogP contribution in [0.1, 0.15) is 21.1 Å². The van der Waals surface area contributed by atoms with Gasteiger partial charge in [0, 0.05) is 30.5 Å². The van der Waals surface area contributed by atoms with Crippen LogP contribution in [0.5, 0.6) is 0 Å². The van der Waals surface area contributed by atoms with Crippen molar-refractivity contribution in [2.45, 2.75) is 33.2 Å². The molecule has 0 aliphatic rings. The molecule has 2 aromatic rings. The fraction of sp³-hybridized carbons (Fsp3) is 0.500. The molecular weight excluding hydrogens is 307 g/mol. The maximum absolute atomic E-state index is 5.79. The van der Waals surface area contributed by atoms with Crippen LogP contribution in [0, 0.1) is 13.8 Å². The molecule has 0 N–H and O–H groups in total. The Morgan fingerprint density at radius 2 is 2.00 bits per heavy atom. The van der Waals surface area contributed by atoms with Crippen LogP contribution in [0.15, 0.2) is 11.0 Å². The van der Waals surface area contributed by atoms with E-state index in [1.807, 2.05) is 16.8 Å². The predicted molar refractivity (Wildman–Crippen MR) is 74.2 cm³/mol. The number of aryl methyl sites for hydroxylation is 4. The summed E-state index contributed by atoms with van der Waals surface area (Å²) in [5.74, 6) is 0.704. The van der Waals surface area contributed by atoms with E-state index in [0.717, 1.165) is 19.4 Å². The molecule has 0 spiro atoms. The molecule has 0 amide bonds. The van der Waals surface area contributed by atoms with Crippen molar-refractivity contribution >= 4 is 34.3 Å². The van der Waals surface area contributed by atoms with Crippen molar-refractivity contribution in [2.24, 2.45) is 0 Å². The Morgan fingerprint density at radius 3 is 2.61 bits per heavy atom. The second-order valence-electron chi connectivity index (χ2n) is 3.98. The van der Waals surface area contributed by atoms with Gasteiger partial charge in [0.25, 0.3) is 0 Å². The second-order valence-corrected chi connectivity index (χ2v) is 6.23. The summed E-state index contributed by atoms with van der Waals surface area (Å²) in [4.78, 5) is 7.07. The summed E-state index contributed by atoms with van der Waals surface area (Å²) in [6, 6.07) is 0. The van der Waals surface area contributed by atoms with E-state index in [2.05, 4.69) is 28.9 Å². The Balaban J connectivity index is 0.00000162. The van der Waals surface area contributed by atoms with Gasteiger partial charge in [-0.05, 0) is 6.92 Å². The minimum Gasteiger partial charge on any atom is -1.00 e. The normalized spacial score (nSPS) is 10.4. The van der Waals surface area contributed by atoms with E-state index in [1.165, 1.54) is 21.1 Å². The van der Waals surface area contributed by atoms with Crippen molar-refractivity contribution in [3.8, 4) is 0 Å². The molecule has 0 aliphatic carbocycles. The van der Waals surface area contributed by atoms with Crippen LogP contribution in [-0.2, 0) is 19.4 Å². The smallest absolute Gasteiger partial charge is 0.225 e. The average molecular weight is 323 g/mol. The van der Waals surface area contributed by atoms with E-state index >= 15 is 0 Å². The van der Waals surface area contributed by atoms with Gasteiger partial charge in [-0.15, -0.1) is 22.9 Å². The Kier molecular flexibility index (Phi) is 6.57. The molecule has 0 bridgehead atoms. The minimum absolute atomic E-state index is 0. The molecule has 18 heavy (non-hydrogen) atoms. The van der Waals surface area contributed by atoms with Crippen molar-refractivity contribution in [3.63, 3.8) is 0 Å². The van der Waals surface area contributed by atoms with Gasteiger partial charge in [0.1, 0.15) is 0 Å². The number of aromatic nitrogens is 2. The third kappa shape index (κ3) is 3.67. The van der Waals surface area contributed by atoms with E-state index in [1.54, 1.807) is 11.3 Å². The first-order valence-corrected chi connectivity index (χ1v) is 7.93. The summed E-state index contributed by atoms with van der Waals surface area (Å²) in [5.41, 5.74) is 6.66. The van der Waals surface area contributed by atoms with E-state index < -0.39 is 0 Å². The summed E-state index contributed by atoms with van der Waals surface area (Å²) in [6.07, 6.45) is 2.05. The van der Waals surface area contributed by atoms with Gasteiger partial charge in [0.2, 0.25) is 5.51 Å². The van der Waals surface area contributed by atoms with Crippen molar-refractivity contribution in [1.82, 2.24) is 4.98 Å². The second kappa shape index (κ2) is 7.43. The fourth-order valence-corrected chi connectivity index (χ4v) is 3.88. The summed E-state index contributed by atoms with van der Waals surface area (Å²) >= 11 is 9.35. The highest BCUT2D eigenvalue weighted by Crippen LogP contribution is 2.15. The standard InChI is InChI=1S/C12H16ClN2S2.ClH/c1-9-11(16-7-14-9)4-6-15-8-17-12(3-5-13)10(15)2;/h7-8H,3-6H2,1-2H3;1H/q+1;/p-1. The molecule has 2 nitrogen and oxygen atoms in total. The van der Waals surface area contributed by atoms with Crippen LogP contribution >= 0.6 is 34.3 Å². The third-order valence-electron chi connectivity index (χ3n) is 2.90. The van der Waals surface area contributed by atoms with Crippen LogP contribution in [0.2, 0.25) is 0 Å². The highest BCUT2D eigenvalue weighted by molar-refractivity contribution is 7.09. The number of hydrogen-bond donors (Lipinski definition) is 0. The molecular formula is C12H16Cl2N2S2. The van der Waals surface area contributed by atoms with Gasteiger partial charge >= 0.3 is 0 Å². The first-order valence-electron chi connectivity index (χ1n) is 5.63. The van der Waals surface area contributed by atoms with Gasteiger partial charge < -0.3 is 12.4 Å². The maximum Gasteiger partial charge on any atom is 0.225 e. The lowest BCUT2D eigenvalue weighted by Crippen LogP contribution is -3.00. The Morgan fingerprint density at radius 1 is 1.22 bits per heavy atom. The SMILES string of the molecule is Cc1ncsc1CC[n+]1csc(CCCl)c1C.[Cl-]. The topological polar surface area (TPSA) is 16.8 Å². The first kappa shape index (κ1) is 15.9. The number of halogens is 2. The molecule has 0 aromatic carbocycles. The molecule has 2 aromatic heterocycles. The lowest BCUT2D eigenvalue weighted by atomic mass is 10.3. The molecule has 0 atom stereocenters. The molecule has 0 fully saturated rings. The number of rotatable bonds is 5. The molecule has 6 heteroatoms. The van der Waals surface area contributed by atoms with E-state index in [9.17, 15) is 0 Å². The number of alkyl halides is 1. The van der Waals surface area contributed by atoms with Crippen LogP contribution in [0.4, 0.5) is 0 Å². The monoisotopic (exact) mass is 322 g/mol. The highest BCUT2D eigenvalue weighted by Gasteiger charge is 2.15. The highest BCUT2D eigenvalue weighted by atomic mass is 35.5. The van der Waals surface area contributed by atoms with Gasteiger partial charge in [-0.25, -0.2) is 4.98 Å². The zero-order valence-corrected chi connectivity index (χ0v) is 13.6. The Hall–Kier alpha value is -0.160. The van der Waals surface area contributed by atoms with Crippen LogP contribution in [0.3, 0.4) is 0 Å². The molecule has 100 valence electrons. The Labute approximate surface area is 127 Å². The van der Waals surface area contributed by atoms with Crippen molar-refractivity contribution in [2.75, 3.05) is 5.88 Å². The minimum atomic E-state index is 0. The van der Waals surface area contributed by atoms with Crippen molar-refractivity contribution in [1.29, 1.82) is 0 Å². The molecule has 0 aliphatic heterocycles. The Bertz CT molecular complexity index is 494. The van der Waals surface area contributed by atoms with E-state index in [0.29, 0.717) is 5.88 Å². The van der Waals surface area contributed by atoms with Crippen LogP contribution in [0.25, 0.3) is 0 Å². The summed E-state index contributed by atoms with van der Waals surface area (Å²) in [7, 11) is 0.